The predicted molar refractivity (Wildman–Crippen MR) is 158 cm³/mol. The molecule has 12 heteroatoms. The van der Waals surface area contributed by atoms with Crippen molar-refractivity contribution in [3.05, 3.63) is 119 Å². The van der Waals surface area contributed by atoms with Gasteiger partial charge in [-0.3, -0.25) is 9.59 Å². The average molecular weight is 606 g/mol. The molecule has 2 atom stereocenters. The Morgan fingerprint density at radius 2 is 1.73 bits per heavy atom. The van der Waals surface area contributed by atoms with Crippen LogP contribution in [-0.4, -0.2) is 70.6 Å². The Morgan fingerprint density at radius 1 is 1.00 bits per heavy atom. The summed E-state index contributed by atoms with van der Waals surface area (Å²) in [5.74, 6) is -3.72. The highest BCUT2D eigenvalue weighted by molar-refractivity contribution is 5.91. The standard InChI is InChI=1S/C32H33F2N5O5/c1-2-14-35-18-29(40)39-27(15-21-8-10-23(11-9-21)31(42)43)30(41)38(19-24-12-13-25(33)16-26(24)34)20-28(39)37-32(44)36-17-22-6-4-3-5-7-22/h2-13,16,27-28,35H,1,14-15,17-20H2,(H,42,43)(H2,36,37,44)/t27-,28?/m0/s1. The Morgan fingerprint density at radius 3 is 2.39 bits per heavy atom. The van der Waals surface area contributed by atoms with Crippen LogP contribution in [0.5, 0.6) is 0 Å². The van der Waals surface area contributed by atoms with E-state index in [-0.39, 0.29) is 43.7 Å². The van der Waals surface area contributed by atoms with Crippen LogP contribution < -0.4 is 16.0 Å². The van der Waals surface area contributed by atoms with Crippen molar-refractivity contribution in [2.75, 3.05) is 19.6 Å². The Bertz CT molecular complexity index is 1500. The van der Waals surface area contributed by atoms with Crippen molar-refractivity contribution < 1.29 is 33.1 Å². The highest BCUT2D eigenvalue weighted by Crippen LogP contribution is 2.24. The fourth-order valence-corrected chi connectivity index (χ4v) is 4.94. The van der Waals surface area contributed by atoms with Crippen molar-refractivity contribution in [1.82, 2.24) is 25.8 Å². The van der Waals surface area contributed by atoms with Crippen molar-refractivity contribution in [3.63, 3.8) is 0 Å². The molecule has 3 aromatic rings. The normalized spacial score (nSPS) is 16.4. The Labute approximate surface area is 253 Å². The van der Waals surface area contributed by atoms with E-state index in [1.807, 2.05) is 30.3 Å². The number of halogens is 2. The van der Waals surface area contributed by atoms with E-state index >= 15 is 0 Å². The monoisotopic (exact) mass is 605 g/mol. The lowest BCUT2D eigenvalue weighted by atomic mass is 9.98. The van der Waals surface area contributed by atoms with E-state index < -0.39 is 47.7 Å². The molecule has 0 radical (unpaired) electrons. The van der Waals surface area contributed by atoms with E-state index in [2.05, 4.69) is 22.5 Å². The van der Waals surface area contributed by atoms with Gasteiger partial charge in [-0.15, -0.1) is 6.58 Å². The molecule has 3 aromatic carbocycles. The van der Waals surface area contributed by atoms with Gasteiger partial charge in [0.25, 0.3) is 0 Å². The van der Waals surface area contributed by atoms with E-state index in [9.17, 15) is 33.1 Å². The molecule has 4 amide bonds. The maximum Gasteiger partial charge on any atom is 0.335 e. The van der Waals surface area contributed by atoms with Crippen LogP contribution in [0.3, 0.4) is 0 Å². The second-order valence-electron chi connectivity index (χ2n) is 10.2. The molecule has 4 N–H and O–H groups in total. The molecule has 4 rings (SSSR count). The molecule has 1 aliphatic rings. The van der Waals surface area contributed by atoms with Gasteiger partial charge >= 0.3 is 12.0 Å². The van der Waals surface area contributed by atoms with Gasteiger partial charge in [-0.05, 0) is 29.3 Å². The predicted octanol–water partition coefficient (Wildman–Crippen LogP) is 3.05. The molecule has 1 heterocycles. The summed E-state index contributed by atoms with van der Waals surface area (Å²) >= 11 is 0. The van der Waals surface area contributed by atoms with E-state index in [4.69, 9.17) is 0 Å². The van der Waals surface area contributed by atoms with Crippen LogP contribution in [0.15, 0.2) is 85.5 Å². The fraction of sp³-hybridized carbons (Fsp3) is 0.250. The topological polar surface area (TPSA) is 131 Å². The van der Waals surface area contributed by atoms with E-state index in [1.54, 1.807) is 18.2 Å². The number of aromatic carboxylic acids is 1. The van der Waals surface area contributed by atoms with Crippen molar-refractivity contribution in [1.29, 1.82) is 0 Å². The Balaban J connectivity index is 1.65. The van der Waals surface area contributed by atoms with Gasteiger partial charge in [0.05, 0.1) is 18.7 Å². The molecule has 0 spiro atoms. The first-order valence-electron chi connectivity index (χ1n) is 13.9. The van der Waals surface area contributed by atoms with Gasteiger partial charge in [-0.2, -0.15) is 0 Å². The van der Waals surface area contributed by atoms with Crippen molar-refractivity contribution in [2.24, 2.45) is 0 Å². The summed E-state index contributed by atoms with van der Waals surface area (Å²) in [6.45, 7) is 3.58. The summed E-state index contributed by atoms with van der Waals surface area (Å²) in [6.07, 6.45) is 0.535. The zero-order chi connectivity index (χ0) is 31.6. The van der Waals surface area contributed by atoms with Crippen LogP contribution in [0.25, 0.3) is 0 Å². The molecular formula is C32H33F2N5O5. The average Bonchev–Trinajstić information content (AvgIpc) is 3.00. The summed E-state index contributed by atoms with van der Waals surface area (Å²) in [5.41, 5.74) is 1.52. The lowest BCUT2D eigenvalue weighted by Crippen LogP contribution is -2.69. The second kappa shape index (κ2) is 14.9. The molecule has 230 valence electrons. The van der Waals surface area contributed by atoms with Gasteiger partial charge in [0.2, 0.25) is 11.8 Å². The van der Waals surface area contributed by atoms with Gasteiger partial charge in [-0.1, -0.05) is 54.6 Å². The third-order valence-electron chi connectivity index (χ3n) is 7.11. The highest BCUT2D eigenvalue weighted by atomic mass is 19.1. The largest absolute Gasteiger partial charge is 0.478 e. The van der Waals surface area contributed by atoms with Crippen LogP contribution in [0.1, 0.15) is 27.0 Å². The van der Waals surface area contributed by atoms with Crippen LogP contribution in [-0.2, 0) is 29.1 Å². The first-order chi connectivity index (χ1) is 21.2. The highest BCUT2D eigenvalue weighted by Gasteiger charge is 2.43. The van der Waals surface area contributed by atoms with Crippen molar-refractivity contribution in [3.8, 4) is 0 Å². The molecule has 0 aliphatic carbocycles. The van der Waals surface area contributed by atoms with Gasteiger partial charge in [0, 0.05) is 37.7 Å². The number of carboxylic acid groups (broad SMARTS) is 1. The number of amides is 4. The maximum atomic E-state index is 14.6. The molecular weight excluding hydrogens is 572 g/mol. The van der Waals surface area contributed by atoms with E-state index in [0.29, 0.717) is 12.1 Å². The number of urea groups is 1. The SMILES string of the molecule is C=CCNCC(=O)N1C(NC(=O)NCc2ccccc2)CN(Cc2ccc(F)cc2F)C(=O)[C@@H]1Cc1ccc(C(=O)O)cc1. The molecule has 0 saturated carbocycles. The van der Waals surface area contributed by atoms with E-state index in [1.165, 1.54) is 28.0 Å². The summed E-state index contributed by atoms with van der Waals surface area (Å²) in [6, 6.07) is 16.4. The van der Waals surface area contributed by atoms with Crippen LogP contribution >= 0.6 is 0 Å². The van der Waals surface area contributed by atoms with Crippen LogP contribution in [0.4, 0.5) is 13.6 Å². The quantitative estimate of drug-likeness (QED) is 0.186. The molecule has 0 aromatic heterocycles. The number of carbonyl (C=O) groups excluding carboxylic acids is 3. The van der Waals surface area contributed by atoms with Gasteiger partial charge < -0.3 is 30.9 Å². The minimum atomic E-state index is -1.14. The Kier molecular flexibility index (Phi) is 10.8. The third-order valence-corrected chi connectivity index (χ3v) is 7.11. The third kappa shape index (κ3) is 8.26. The Hall–Kier alpha value is -5.10. The minimum absolute atomic E-state index is 0.0157. The molecule has 1 fully saturated rings. The smallest absolute Gasteiger partial charge is 0.335 e. The lowest BCUT2D eigenvalue weighted by Gasteiger charge is -2.46. The number of nitrogens with one attached hydrogen (secondary N) is 3. The number of carboxylic acids is 1. The number of piperazine rings is 1. The number of hydrogen-bond acceptors (Lipinski definition) is 5. The van der Waals surface area contributed by atoms with Crippen molar-refractivity contribution >= 4 is 23.8 Å². The molecule has 1 unspecified atom stereocenters. The molecule has 1 saturated heterocycles. The van der Waals surface area contributed by atoms with Gasteiger partial charge in [0.1, 0.15) is 23.8 Å². The summed E-state index contributed by atoms with van der Waals surface area (Å²) in [4.78, 5) is 54.6. The van der Waals surface area contributed by atoms with Gasteiger partial charge in [0.15, 0.2) is 0 Å². The number of nitrogens with zero attached hydrogens (tertiary/aromatic N) is 2. The van der Waals surface area contributed by atoms with Crippen LogP contribution in [0.2, 0.25) is 0 Å². The van der Waals surface area contributed by atoms with Crippen molar-refractivity contribution in [2.45, 2.75) is 31.7 Å². The summed E-state index contributed by atoms with van der Waals surface area (Å²) < 4.78 is 28.2. The van der Waals surface area contributed by atoms with Crippen LogP contribution in [0, 0.1) is 11.6 Å². The number of benzene rings is 3. The zero-order valence-corrected chi connectivity index (χ0v) is 23.8. The summed E-state index contributed by atoms with van der Waals surface area (Å²) in [5, 5.41) is 17.7. The summed E-state index contributed by atoms with van der Waals surface area (Å²) in [7, 11) is 0. The van der Waals surface area contributed by atoms with E-state index in [0.717, 1.165) is 17.7 Å². The first-order valence-corrected chi connectivity index (χ1v) is 13.9. The number of hydrogen-bond donors (Lipinski definition) is 4. The lowest BCUT2D eigenvalue weighted by molar-refractivity contribution is -0.157. The first kappa shape index (κ1) is 31.8. The molecule has 1 aliphatic heterocycles. The number of rotatable bonds is 12. The second-order valence-corrected chi connectivity index (χ2v) is 10.2. The van der Waals surface area contributed by atoms with Gasteiger partial charge in [-0.25, -0.2) is 18.4 Å². The fourth-order valence-electron chi connectivity index (χ4n) is 4.94. The maximum absolute atomic E-state index is 14.6. The minimum Gasteiger partial charge on any atom is -0.478 e. The number of carbonyl (C=O) groups is 4. The molecule has 44 heavy (non-hydrogen) atoms. The zero-order valence-electron chi connectivity index (χ0n) is 23.8. The molecule has 0 bridgehead atoms. The molecule has 10 nitrogen and oxygen atoms in total.